The SMILES string of the molecule is CC1(C)C2CCC(CNC(=O)c3nn(CCCCCCl)c4c3COc3cc(Br)ccc3-4)C1C2.CC1(C)C2CCC(CNC(=O)c3nn(CCCCCCl)c4c3COc3cc(Cl)ccc3-4)C1C2.Cc1ccc2c(c1)OCc1c(C(=O)NC3CCCCC3)nn(CCCCCCl)c1-2.O=C(NC1CCCCC1)c1nn(-c2ccc(F)cc2F)c2c1COc1cc(Cl)ccc1-2. The second-order valence-electron chi connectivity index (χ2n) is 37.1. The van der Waals surface area contributed by atoms with Crippen LogP contribution >= 0.6 is 73.9 Å². The number of alkyl halides is 3. The minimum absolute atomic E-state index is 0.0529. The highest BCUT2D eigenvalue weighted by Gasteiger charge is 2.55. The number of hydrogen-bond acceptors (Lipinski definition) is 12. The van der Waals surface area contributed by atoms with Crippen molar-refractivity contribution in [1.29, 1.82) is 0 Å². The fraction of sp³-hybridized carbons (Fsp3) is 0.531. The number of amides is 4. The monoisotopic (exact) mass is 1880 g/mol. The molecule has 4 amide bonds. The topological polar surface area (TPSA) is 225 Å². The molecular weight excluding hydrogens is 1770 g/mol. The van der Waals surface area contributed by atoms with Crippen LogP contribution < -0.4 is 40.2 Å². The Labute approximate surface area is 771 Å². The van der Waals surface area contributed by atoms with E-state index in [1.165, 1.54) is 75.0 Å². The number of nitrogens with one attached hydrogen (secondary N) is 4. The Balaban J connectivity index is 0.000000124. The summed E-state index contributed by atoms with van der Waals surface area (Å²) in [5, 5.41) is 32.7. The number of fused-ring (bicyclic) bond motifs is 16. The number of nitrogens with zero attached hydrogens (tertiary/aromatic N) is 8. The summed E-state index contributed by atoms with van der Waals surface area (Å²) < 4.78 is 60.4. The number of hydrogen-bond donors (Lipinski definition) is 4. The number of aryl methyl sites for hydroxylation is 4. The molecule has 20 nitrogen and oxygen atoms in total. The molecule has 4 aliphatic heterocycles. The Hall–Kier alpha value is -8.19. The molecule has 5 aromatic carbocycles. The first kappa shape index (κ1) is 91.1. The van der Waals surface area contributed by atoms with Crippen molar-refractivity contribution >= 4 is 97.6 Å². The van der Waals surface area contributed by atoms with Gasteiger partial charge in [-0.25, -0.2) is 13.5 Å². The molecule has 8 heterocycles. The van der Waals surface area contributed by atoms with E-state index in [1.807, 2.05) is 50.4 Å². The van der Waals surface area contributed by atoms with E-state index in [2.05, 4.69) is 95.1 Å². The second kappa shape index (κ2) is 40.4. The first-order valence-corrected chi connectivity index (χ1v) is 48.9. The number of carbonyl (C=O) groups excluding carboxylic acids is 4. The molecule has 8 aliphatic carbocycles. The molecule has 6 atom stereocenters. The molecule has 8 saturated carbocycles. The third-order valence-corrected chi connectivity index (χ3v) is 30.3. The Kier molecular flexibility index (Phi) is 29.3. The number of halogens is 8. The van der Waals surface area contributed by atoms with Crippen LogP contribution in [0.1, 0.15) is 258 Å². The first-order chi connectivity index (χ1) is 61.0. The number of carbonyl (C=O) groups is 4. The van der Waals surface area contributed by atoms with Gasteiger partial charge in [0.05, 0.1) is 22.8 Å². The van der Waals surface area contributed by atoms with Crippen molar-refractivity contribution in [3.8, 4) is 73.7 Å². The fourth-order valence-corrected chi connectivity index (χ4v) is 22.6. The second-order valence-corrected chi connectivity index (χ2v) is 40.1. The van der Waals surface area contributed by atoms with Gasteiger partial charge in [0, 0.05) is 128 Å². The largest absolute Gasteiger partial charge is 0.488 e. The van der Waals surface area contributed by atoms with E-state index in [9.17, 15) is 28.0 Å². The van der Waals surface area contributed by atoms with Gasteiger partial charge in [-0.15, -0.1) is 34.8 Å². The van der Waals surface area contributed by atoms with E-state index < -0.39 is 11.6 Å². The molecule has 9 aromatic rings. The maximum Gasteiger partial charge on any atom is 0.272 e. The van der Waals surface area contributed by atoms with Crippen molar-refractivity contribution in [3.05, 3.63) is 168 Å². The highest BCUT2D eigenvalue weighted by Crippen LogP contribution is 2.62. The molecule has 28 heteroatoms. The summed E-state index contributed by atoms with van der Waals surface area (Å²) in [5.41, 5.74) is 14.2. The van der Waals surface area contributed by atoms with Gasteiger partial charge >= 0.3 is 0 Å². The summed E-state index contributed by atoms with van der Waals surface area (Å²) in [5.74, 6) is 7.27. The number of benzene rings is 5. The predicted octanol–water partition coefficient (Wildman–Crippen LogP) is 23.4. The van der Waals surface area contributed by atoms with E-state index in [4.69, 9.17) is 92.2 Å². The zero-order valence-corrected chi connectivity index (χ0v) is 78.2. The molecule has 12 aliphatic rings. The van der Waals surface area contributed by atoms with Crippen LogP contribution in [0.25, 0.3) is 50.7 Å². The first-order valence-electron chi connectivity index (χ1n) is 45.7. The van der Waals surface area contributed by atoms with Gasteiger partial charge in [0.2, 0.25) is 0 Å². The zero-order valence-electron chi connectivity index (χ0n) is 72.8. The van der Waals surface area contributed by atoms with Gasteiger partial charge in [0.25, 0.3) is 23.6 Å². The summed E-state index contributed by atoms with van der Waals surface area (Å²) in [6.07, 6.45) is 27.6. The van der Waals surface area contributed by atoms with E-state index in [-0.39, 0.29) is 53.7 Å². The Morgan fingerprint density at radius 2 is 0.833 bits per heavy atom. The van der Waals surface area contributed by atoms with Gasteiger partial charge in [-0.1, -0.05) is 131 Å². The molecule has 4 bridgehead atoms. The smallest absolute Gasteiger partial charge is 0.272 e. The van der Waals surface area contributed by atoms with Crippen molar-refractivity contribution in [2.75, 3.05) is 30.7 Å². The standard InChI is InChI=1S/C26H33BrClN3O2.C26H33Cl2N3O2.C23H20ClF2N3O2.C23H30ClN3O2/c1-26(2)17-7-6-16(21(26)12-17)14-29-25(32)23-20-15-33-22-13-18(27)8-9-19(22)24(20)31(30-23)11-5-3-4-10-28;1-26(2)17-7-6-16(21(26)12-17)14-29-25(32)23-20-15-33-22-13-18(28)8-9-19(22)24(20)31(30-23)11-5-3-4-10-27;24-13-6-8-16-20(10-13)31-12-17-21(23(30)27-15-4-2-1-3-5-15)28-29(22(16)17)19-9-7-14(25)11-18(19)26;1-16-10-11-18-20(14-16)29-15-19-21(23(28)25-17-8-4-2-5-9-17)26-27(22(18)19)13-7-3-6-12-24/h2*8-9,13,16-17,21H,3-7,10-12,14-15H2,1-2H3,(H,29,32);6-11,15H,1-5,12H2,(H,27,30);10-11,14,17H,2-9,12-13,15H2,1H3,(H,25,28). The van der Waals surface area contributed by atoms with Crippen molar-refractivity contribution in [2.24, 2.45) is 46.3 Å². The highest BCUT2D eigenvalue weighted by molar-refractivity contribution is 9.10. The highest BCUT2D eigenvalue weighted by atomic mass is 79.9. The predicted molar refractivity (Wildman–Crippen MR) is 495 cm³/mol. The molecule has 126 heavy (non-hydrogen) atoms. The van der Waals surface area contributed by atoms with Crippen LogP contribution in [0.5, 0.6) is 23.0 Å². The molecule has 8 fully saturated rings. The summed E-state index contributed by atoms with van der Waals surface area (Å²) in [4.78, 5) is 52.8. The molecule has 0 saturated heterocycles. The van der Waals surface area contributed by atoms with Crippen LogP contribution in [-0.2, 0) is 46.1 Å². The Morgan fingerprint density at radius 1 is 0.444 bits per heavy atom. The van der Waals surface area contributed by atoms with E-state index in [0.29, 0.717) is 116 Å². The van der Waals surface area contributed by atoms with Gasteiger partial charge in [0.1, 0.15) is 60.9 Å². The molecule has 0 spiro atoms. The average Bonchev–Trinajstić information content (AvgIpc) is 1.38. The van der Waals surface area contributed by atoms with Crippen molar-refractivity contribution in [3.63, 3.8) is 0 Å². The summed E-state index contributed by atoms with van der Waals surface area (Å²) in [6.45, 7) is 16.6. The molecular formula is C98H116BrCl5F2N12O8. The van der Waals surface area contributed by atoms with Gasteiger partial charge in [-0.2, -0.15) is 20.4 Å². The van der Waals surface area contributed by atoms with Crippen LogP contribution in [0, 0.1) is 64.9 Å². The van der Waals surface area contributed by atoms with Gasteiger partial charge in [-0.3, -0.25) is 33.2 Å². The quantitative estimate of drug-likeness (QED) is 0.0293. The van der Waals surface area contributed by atoms with E-state index in [1.54, 1.807) is 18.2 Å². The third-order valence-electron chi connectivity index (χ3n) is 28.6. The Morgan fingerprint density at radius 3 is 1.25 bits per heavy atom. The molecule has 672 valence electrons. The van der Waals surface area contributed by atoms with Gasteiger partial charge in [-0.05, 0) is 240 Å². The number of rotatable bonds is 26. The number of ether oxygens (including phenoxy) is 4. The molecule has 4 N–H and O–H groups in total. The summed E-state index contributed by atoms with van der Waals surface area (Å²) in [6, 6.07) is 26.7. The Bertz CT molecular complexity index is 5290. The van der Waals surface area contributed by atoms with Crippen molar-refractivity contribution in [1.82, 2.24) is 60.4 Å². The van der Waals surface area contributed by atoms with Crippen LogP contribution in [0.4, 0.5) is 8.78 Å². The van der Waals surface area contributed by atoms with Gasteiger partial charge < -0.3 is 40.2 Å². The molecule has 21 rings (SSSR count). The van der Waals surface area contributed by atoms with Crippen LogP contribution in [0.2, 0.25) is 10.0 Å². The summed E-state index contributed by atoms with van der Waals surface area (Å²) >= 11 is 33.4. The van der Waals surface area contributed by atoms with Gasteiger partial charge in [0.15, 0.2) is 28.6 Å². The zero-order chi connectivity index (χ0) is 88.1. The van der Waals surface area contributed by atoms with Crippen LogP contribution in [0.15, 0.2) is 95.5 Å². The average molecular weight is 1890 g/mol. The lowest BCUT2D eigenvalue weighted by atomic mass is 9.45. The lowest BCUT2D eigenvalue weighted by Crippen LogP contribution is -2.54. The minimum Gasteiger partial charge on any atom is -0.488 e. The number of aromatic nitrogens is 8. The van der Waals surface area contributed by atoms with Crippen LogP contribution in [-0.4, -0.2) is 106 Å². The van der Waals surface area contributed by atoms with E-state index in [0.717, 1.165) is 237 Å². The molecule has 6 unspecified atom stereocenters. The maximum atomic E-state index is 14.7. The maximum absolute atomic E-state index is 14.7. The van der Waals surface area contributed by atoms with Crippen molar-refractivity contribution < 1.29 is 46.9 Å². The summed E-state index contributed by atoms with van der Waals surface area (Å²) in [7, 11) is 0. The molecule has 0 radical (unpaired) electrons. The third kappa shape index (κ3) is 19.6. The fourth-order valence-electron chi connectivity index (χ4n) is 21.3. The van der Waals surface area contributed by atoms with E-state index >= 15 is 0 Å². The minimum atomic E-state index is -0.772. The normalized spacial score (nSPS) is 20.3. The lowest BCUT2D eigenvalue weighted by molar-refractivity contribution is -0.103. The molecule has 4 aromatic heterocycles. The van der Waals surface area contributed by atoms with Crippen LogP contribution in [0.3, 0.4) is 0 Å². The van der Waals surface area contributed by atoms with Crippen molar-refractivity contribution in [2.45, 2.75) is 253 Å². The lowest BCUT2D eigenvalue weighted by Gasteiger charge is -2.60. The number of unbranched alkanes of at least 4 members (excludes halogenated alkanes) is 6.